The summed E-state index contributed by atoms with van der Waals surface area (Å²) in [5, 5.41) is 12.5. The molecule has 6 heteroatoms. The first-order valence-electron chi connectivity index (χ1n) is 8.53. The number of hydrogen-bond acceptors (Lipinski definition) is 3. The summed E-state index contributed by atoms with van der Waals surface area (Å²) < 4.78 is 0. The monoisotopic (exact) mass is 348 g/mol. The van der Waals surface area contributed by atoms with E-state index in [2.05, 4.69) is 24.4 Å². The van der Waals surface area contributed by atoms with Crippen molar-refractivity contribution < 1.29 is 14.7 Å². The number of nitrogens with zero attached hydrogens (tertiary/aromatic N) is 1. The number of carboxylic acids is 1. The van der Waals surface area contributed by atoms with E-state index >= 15 is 0 Å². The third-order valence-corrected chi connectivity index (χ3v) is 6.11. The maximum atomic E-state index is 12.4. The van der Waals surface area contributed by atoms with Crippen LogP contribution in [0, 0.1) is 11.3 Å². The molecule has 2 atom stereocenters. The lowest BCUT2D eigenvalue weighted by atomic mass is 9.81. The summed E-state index contributed by atoms with van der Waals surface area (Å²) >= 11 is 1.77. The predicted molar refractivity (Wildman–Crippen MR) is 94.1 cm³/mol. The molecule has 1 aromatic carbocycles. The summed E-state index contributed by atoms with van der Waals surface area (Å²) in [6, 6.07) is 8.00. The van der Waals surface area contributed by atoms with E-state index in [0.29, 0.717) is 26.1 Å². The summed E-state index contributed by atoms with van der Waals surface area (Å²) in [4.78, 5) is 27.0. The summed E-state index contributed by atoms with van der Waals surface area (Å²) in [5.74, 6) is 0.372. The van der Waals surface area contributed by atoms with E-state index in [-0.39, 0.29) is 11.9 Å². The van der Waals surface area contributed by atoms with E-state index in [0.717, 1.165) is 24.2 Å². The van der Waals surface area contributed by atoms with Crippen molar-refractivity contribution in [2.75, 3.05) is 18.8 Å². The van der Waals surface area contributed by atoms with Crippen molar-refractivity contribution in [3.63, 3.8) is 0 Å². The number of nitrogens with one attached hydrogen (secondary N) is 1. The molecule has 2 N–H and O–H groups in total. The van der Waals surface area contributed by atoms with Crippen LogP contribution < -0.4 is 5.32 Å². The van der Waals surface area contributed by atoms with Crippen molar-refractivity contribution in [2.45, 2.75) is 37.6 Å². The second-order valence-corrected chi connectivity index (χ2v) is 8.01. The van der Waals surface area contributed by atoms with Gasteiger partial charge in [-0.2, -0.15) is 0 Å². The molecular formula is C18H24N2O3S. The van der Waals surface area contributed by atoms with Gasteiger partial charge in [-0.25, -0.2) is 4.79 Å². The van der Waals surface area contributed by atoms with Crippen LogP contribution in [-0.2, 0) is 11.3 Å². The molecule has 1 aromatic rings. The van der Waals surface area contributed by atoms with Crippen LogP contribution in [0.2, 0.25) is 0 Å². The van der Waals surface area contributed by atoms with Gasteiger partial charge in [0.25, 0.3) is 0 Å². The van der Waals surface area contributed by atoms with Crippen molar-refractivity contribution in [1.29, 1.82) is 0 Å². The molecule has 0 aromatic heterocycles. The maximum absolute atomic E-state index is 12.4. The first-order chi connectivity index (χ1) is 11.5. The average molecular weight is 348 g/mol. The van der Waals surface area contributed by atoms with Gasteiger partial charge in [0, 0.05) is 24.5 Å². The number of carbonyl (C=O) groups is 2. The number of benzene rings is 1. The van der Waals surface area contributed by atoms with E-state index in [9.17, 15) is 14.7 Å². The molecule has 1 saturated carbocycles. The number of hydrogen-bond donors (Lipinski definition) is 2. The van der Waals surface area contributed by atoms with Gasteiger partial charge in [0.1, 0.15) is 0 Å². The molecule has 5 nitrogen and oxygen atoms in total. The standard InChI is InChI=1S/C18H24N2O3S/c1-2-24-15-7-3-5-13(9-15)10-19-17(23)20-11-14-6-4-8-18(14,12-20)16(21)22/h3,5,7,9,14H,2,4,6,8,10-12H2,1H3,(H,19,23)(H,21,22)/t14-,18+/m0/s1. The van der Waals surface area contributed by atoms with Crippen LogP contribution in [0.1, 0.15) is 31.7 Å². The van der Waals surface area contributed by atoms with Crippen LogP contribution in [0.4, 0.5) is 4.79 Å². The highest BCUT2D eigenvalue weighted by Gasteiger charge is 2.55. The lowest BCUT2D eigenvalue weighted by molar-refractivity contribution is -0.149. The molecular weight excluding hydrogens is 324 g/mol. The van der Waals surface area contributed by atoms with Gasteiger partial charge in [-0.05, 0) is 42.2 Å². The number of aliphatic carboxylic acids is 1. The molecule has 3 rings (SSSR count). The second kappa shape index (κ2) is 7.05. The van der Waals surface area contributed by atoms with Gasteiger partial charge in [0.05, 0.1) is 5.41 Å². The van der Waals surface area contributed by atoms with Crippen molar-refractivity contribution in [1.82, 2.24) is 10.2 Å². The van der Waals surface area contributed by atoms with E-state index in [1.165, 1.54) is 4.90 Å². The number of likely N-dealkylation sites (tertiary alicyclic amines) is 1. The largest absolute Gasteiger partial charge is 0.481 e. The maximum Gasteiger partial charge on any atom is 0.317 e. The van der Waals surface area contributed by atoms with Crippen LogP contribution in [-0.4, -0.2) is 40.8 Å². The minimum absolute atomic E-state index is 0.102. The molecule has 1 aliphatic heterocycles. The van der Waals surface area contributed by atoms with Gasteiger partial charge in [-0.1, -0.05) is 25.5 Å². The molecule has 130 valence electrons. The summed E-state index contributed by atoms with van der Waals surface area (Å²) in [5.41, 5.74) is 0.351. The molecule has 2 amide bonds. The minimum atomic E-state index is -0.746. The van der Waals surface area contributed by atoms with Crippen molar-refractivity contribution >= 4 is 23.8 Å². The Labute approximate surface area is 146 Å². The van der Waals surface area contributed by atoms with Crippen LogP contribution in [0.15, 0.2) is 29.2 Å². The normalized spacial score (nSPS) is 25.5. The Hall–Kier alpha value is -1.69. The summed E-state index contributed by atoms with van der Waals surface area (Å²) in [7, 11) is 0. The van der Waals surface area contributed by atoms with Crippen LogP contribution in [0.25, 0.3) is 0 Å². The number of rotatable bonds is 5. The highest BCUT2D eigenvalue weighted by Crippen LogP contribution is 2.48. The fourth-order valence-corrected chi connectivity index (χ4v) is 4.74. The van der Waals surface area contributed by atoms with Gasteiger partial charge in [0.2, 0.25) is 0 Å². The molecule has 24 heavy (non-hydrogen) atoms. The first kappa shape index (κ1) is 17.1. The molecule has 0 spiro atoms. The quantitative estimate of drug-likeness (QED) is 0.802. The summed E-state index contributed by atoms with van der Waals surface area (Å²) in [6.45, 7) is 3.48. The number of urea groups is 1. The third-order valence-electron chi connectivity index (χ3n) is 5.24. The molecule has 1 aliphatic carbocycles. The molecule has 0 bridgehead atoms. The molecule has 1 heterocycles. The van der Waals surface area contributed by atoms with Crippen molar-refractivity contribution in [3.05, 3.63) is 29.8 Å². The van der Waals surface area contributed by atoms with Gasteiger partial charge in [-0.15, -0.1) is 11.8 Å². The molecule has 1 saturated heterocycles. The lowest BCUT2D eigenvalue weighted by Gasteiger charge is -2.23. The van der Waals surface area contributed by atoms with Gasteiger partial charge < -0.3 is 15.3 Å². The SMILES string of the molecule is CCSc1cccc(CNC(=O)N2C[C@@H]3CCC[C@@]3(C(=O)O)C2)c1. The number of carbonyl (C=O) groups excluding carboxylic acids is 1. The number of carboxylic acid groups (broad SMARTS) is 1. The van der Waals surface area contributed by atoms with Crippen LogP contribution >= 0.6 is 11.8 Å². The smallest absolute Gasteiger partial charge is 0.317 e. The minimum Gasteiger partial charge on any atom is -0.481 e. The average Bonchev–Trinajstić information content (AvgIpc) is 3.11. The lowest BCUT2D eigenvalue weighted by Crippen LogP contribution is -2.41. The third kappa shape index (κ3) is 3.24. The van der Waals surface area contributed by atoms with Crippen molar-refractivity contribution in [2.24, 2.45) is 11.3 Å². The number of fused-ring (bicyclic) bond motifs is 1. The molecule has 2 fully saturated rings. The van der Waals surface area contributed by atoms with Crippen LogP contribution in [0.3, 0.4) is 0 Å². The Balaban J connectivity index is 1.58. The Morgan fingerprint density at radius 2 is 2.29 bits per heavy atom. The molecule has 2 aliphatic rings. The molecule has 0 radical (unpaired) electrons. The number of thioether (sulfide) groups is 1. The van der Waals surface area contributed by atoms with Crippen LogP contribution in [0.5, 0.6) is 0 Å². The highest BCUT2D eigenvalue weighted by molar-refractivity contribution is 7.99. The van der Waals surface area contributed by atoms with E-state index in [1.807, 2.05) is 12.1 Å². The first-order valence-corrected chi connectivity index (χ1v) is 9.51. The zero-order valence-electron chi connectivity index (χ0n) is 14.0. The van der Waals surface area contributed by atoms with Gasteiger partial charge in [-0.3, -0.25) is 4.79 Å². The van der Waals surface area contributed by atoms with E-state index in [4.69, 9.17) is 0 Å². The zero-order chi connectivity index (χ0) is 17.2. The van der Waals surface area contributed by atoms with Crippen molar-refractivity contribution in [3.8, 4) is 0 Å². The summed E-state index contributed by atoms with van der Waals surface area (Å²) in [6.07, 6.45) is 2.55. The zero-order valence-corrected chi connectivity index (χ0v) is 14.8. The number of amides is 2. The topological polar surface area (TPSA) is 69.6 Å². The van der Waals surface area contributed by atoms with E-state index in [1.54, 1.807) is 16.7 Å². The Bertz CT molecular complexity index is 636. The Kier molecular flexibility index (Phi) is 5.04. The Morgan fingerprint density at radius 3 is 3.00 bits per heavy atom. The fourth-order valence-electron chi connectivity index (χ4n) is 3.99. The Morgan fingerprint density at radius 1 is 1.46 bits per heavy atom. The second-order valence-electron chi connectivity index (χ2n) is 6.67. The fraction of sp³-hybridized carbons (Fsp3) is 0.556. The molecule has 0 unspecified atom stereocenters. The van der Waals surface area contributed by atoms with E-state index < -0.39 is 11.4 Å². The highest BCUT2D eigenvalue weighted by atomic mass is 32.2. The predicted octanol–water partition coefficient (Wildman–Crippen LogP) is 3.19. The van der Waals surface area contributed by atoms with Gasteiger partial charge >= 0.3 is 12.0 Å². The van der Waals surface area contributed by atoms with Gasteiger partial charge in [0.15, 0.2) is 0 Å².